The van der Waals surface area contributed by atoms with Crippen molar-refractivity contribution >= 4 is 23.1 Å². The van der Waals surface area contributed by atoms with Crippen LogP contribution in [0.4, 0.5) is 14.5 Å². The molecule has 0 amide bonds. The van der Waals surface area contributed by atoms with Crippen LogP contribution >= 0.6 is 12.2 Å². The molecule has 4 rings (SSSR count). The third-order valence-electron chi connectivity index (χ3n) is 5.31. The van der Waals surface area contributed by atoms with Crippen LogP contribution in [0.25, 0.3) is 33.4 Å². The second-order valence-electron chi connectivity index (χ2n) is 7.46. The van der Waals surface area contributed by atoms with Crippen molar-refractivity contribution in [3.05, 3.63) is 102 Å². The van der Waals surface area contributed by atoms with E-state index in [-0.39, 0.29) is 0 Å². The van der Waals surface area contributed by atoms with Crippen LogP contribution in [0.3, 0.4) is 0 Å². The summed E-state index contributed by atoms with van der Waals surface area (Å²) in [5.74, 6) is -1.53. The number of nitrogens with zero attached hydrogens (tertiary/aromatic N) is 1. The van der Waals surface area contributed by atoms with Crippen molar-refractivity contribution in [1.29, 1.82) is 0 Å². The van der Waals surface area contributed by atoms with Crippen LogP contribution in [0.2, 0.25) is 0 Å². The molecule has 0 radical (unpaired) electrons. The molecule has 0 saturated heterocycles. The van der Waals surface area contributed by atoms with E-state index >= 15 is 0 Å². The van der Waals surface area contributed by atoms with Gasteiger partial charge >= 0.3 is 0 Å². The summed E-state index contributed by atoms with van der Waals surface area (Å²) in [6, 6.07) is 25.0. The van der Waals surface area contributed by atoms with Crippen LogP contribution in [0.15, 0.2) is 83.9 Å². The minimum absolute atomic E-state index is 0.417. The zero-order valence-corrected chi connectivity index (χ0v) is 17.9. The summed E-state index contributed by atoms with van der Waals surface area (Å²) in [5, 5.41) is 2.00. The van der Waals surface area contributed by atoms with Crippen LogP contribution in [-0.2, 0) is 0 Å². The third-order valence-corrected chi connectivity index (χ3v) is 5.41. The first-order valence-corrected chi connectivity index (χ1v) is 10.2. The van der Waals surface area contributed by atoms with Crippen LogP contribution in [0, 0.1) is 25.5 Å². The first-order valence-electron chi connectivity index (χ1n) is 9.81. The quantitative estimate of drug-likeness (QED) is 0.236. The molecule has 4 heteroatoms. The number of aliphatic imine (C=N–C) groups is 1. The van der Waals surface area contributed by atoms with E-state index in [0.29, 0.717) is 11.1 Å². The highest BCUT2D eigenvalue weighted by Gasteiger charge is 2.12. The number of benzene rings is 4. The Hall–Kier alpha value is -3.46. The summed E-state index contributed by atoms with van der Waals surface area (Å²) in [6.45, 7) is 4.18. The van der Waals surface area contributed by atoms with Crippen molar-refractivity contribution in [2.75, 3.05) is 0 Å². The SMILES string of the molecule is Cc1ccc(-c2ccc(-c3ccc(-c4cc(F)c(N=C=S)c(F)c4)cc3)cc2C)cc1. The van der Waals surface area contributed by atoms with Crippen LogP contribution in [-0.4, -0.2) is 5.16 Å². The molecule has 0 aromatic heterocycles. The molecule has 4 aromatic rings. The molecule has 0 atom stereocenters. The maximum Gasteiger partial charge on any atom is 0.153 e. The Bertz CT molecular complexity index is 1280. The molecule has 0 bridgehead atoms. The highest BCUT2D eigenvalue weighted by atomic mass is 32.1. The van der Waals surface area contributed by atoms with Gasteiger partial charge in [-0.2, -0.15) is 4.99 Å². The summed E-state index contributed by atoms with van der Waals surface area (Å²) in [5.41, 5.74) is 7.67. The molecule has 0 aliphatic heterocycles. The smallest absolute Gasteiger partial charge is 0.153 e. The zero-order chi connectivity index (χ0) is 22.0. The standard InChI is InChI=1S/C27H19F2NS/c1-17-3-5-21(6-4-17)24-12-11-22(13-18(24)2)19-7-9-20(10-8-19)23-14-25(28)27(30-16-31)26(29)15-23/h3-15H,1-2H3. The van der Waals surface area contributed by atoms with Crippen molar-refractivity contribution in [3.63, 3.8) is 0 Å². The van der Waals surface area contributed by atoms with E-state index in [1.54, 1.807) is 0 Å². The molecular weight excluding hydrogens is 408 g/mol. The summed E-state index contributed by atoms with van der Waals surface area (Å²) in [6.07, 6.45) is 0. The van der Waals surface area contributed by atoms with Gasteiger partial charge in [0.15, 0.2) is 11.6 Å². The van der Waals surface area contributed by atoms with Gasteiger partial charge in [-0.1, -0.05) is 72.3 Å². The maximum absolute atomic E-state index is 14.2. The molecule has 0 N–H and O–H groups in total. The lowest BCUT2D eigenvalue weighted by atomic mass is 9.94. The average Bonchev–Trinajstić information content (AvgIpc) is 2.77. The highest BCUT2D eigenvalue weighted by Crippen LogP contribution is 2.32. The van der Waals surface area contributed by atoms with E-state index in [1.807, 2.05) is 29.4 Å². The van der Waals surface area contributed by atoms with Gasteiger partial charge in [0, 0.05) is 0 Å². The van der Waals surface area contributed by atoms with Crippen molar-refractivity contribution in [2.24, 2.45) is 4.99 Å². The van der Waals surface area contributed by atoms with Gasteiger partial charge in [-0.05, 0) is 77.1 Å². The summed E-state index contributed by atoms with van der Waals surface area (Å²) in [7, 11) is 0. The Morgan fingerprint density at radius 2 is 1.16 bits per heavy atom. The number of halogens is 2. The predicted molar refractivity (Wildman–Crippen MR) is 127 cm³/mol. The molecule has 4 aromatic carbocycles. The zero-order valence-electron chi connectivity index (χ0n) is 17.1. The first-order chi connectivity index (χ1) is 15.0. The summed E-state index contributed by atoms with van der Waals surface area (Å²) < 4.78 is 28.3. The van der Waals surface area contributed by atoms with Gasteiger partial charge < -0.3 is 0 Å². The lowest BCUT2D eigenvalue weighted by molar-refractivity contribution is 0.588. The lowest BCUT2D eigenvalue weighted by Crippen LogP contribution is -1.88. The van der Waals surface area contributed by atoms with E-state index in [0.717, 1.165) is 11.1 Å². The molecule has 0 fully saturated rings. The number of isothiocyanates is 1. The Labute approximate surface area is 185 Å². The van der Waals surface area contributed by atoms with E-state index in [2.05, 4.69) is 73.5 Å². The van der Waals surface area contributed by atoms with Gasteiger partial charge in [-0.25, -0.2) is 8.78 Å². The molecule has 31 heavy (non-hydrogen) atoms. The normalized spacial score (nSPS) is 10.6. The van der Waals surface area contributed by atoms with Crippen molar-refractivity contribution < 1.29 is 8.78 Å². The second kappa shape index (κ2) is 8.73. The lowest BCUT2D eigenvalue weighted by Gasteiger charge is -2.11. The molecule has 1 nitrogen and oxygen atoms in total. The fraction of sp³-hybridized carbons (Fsp3) is 0.0741. The van der Waals surface area contributed by atoms with Crippen LogP contribution in [0.5, 0.6) is 0 Å². The topological polar surface area (TPSA) is 12.4 Å². The fourth-order valence-electron chi connectivity index (χ4n) is 3.64. The fourth-order valence-corrected chi connectivity index (χ4v) is 3.73. The van der Waals surface area contributed by atoms with Gasteiger partial charge in [0.2, 0.25) is 0 Å². The van der Waals surface area contributed by atoms with Gasteiger partial charge in [0.05, 0.1) is 5.16 Å². The number of hydrogen-bond acceptors (Lipinski definition) is 2. The van der Waals surface area contributed by atoms with E-state index in [4.69, 9.17) is 0 Å². The number of aryl methyl sites for hydroxylation is 2. The van der Waals surface area contributed by atoms with Crippen LogP contribution < -0.4 is 0 Å². The Balaban J connectivity index is 1.63. The maximum atomic E-state index is 14.2. The monoisotopic (exact) mass is 427 g/mol. The number of rotatable bonds is 4. The van der Waals surface area contributed by atoms with Gasteiger partial charge in [0.25, 0.3) is 0 Å². The second-order valence-corrected chi connectivity index (χ2v) is 7.65. The predicted octanol–water partition coefficient (Wildman–Crippen LogP) is 8.32. The largest absolute Gasteiger partial charge is 0.204 e. The van der Waals surface area contributed by atoms with Crippen molar-refractivity contribution in [3.8, 4) is 33.4 Å². The molecule has 0 heterocycles. The molecule has 0 aliphatic carbocycles. The Morgan fingerprint density at radius 3 is 1.71 bits per heavy atom. The highest BCUT2D eigenvalue weighted by molar-refractivity contribution is 7.78. The van der Waals surface area contributed by atoms with E-state index in [1.165, 1.54) is 34.4 Å². The number of thiocarbonyl (C=S) groups is 1. The number of hydrogen-bond donors (Lipinski definition) is 0. The van der Waals surface area contributed by atoms with Gasteiger partial charge in [0.1, 0.15) is 5.69 Å². The van der Waals surface area contributed by atoms with E-state index in [9.17, 15) is 8.78 Å². The first kappa shape index (κ1) is 20.8. The molecule has 152 valence electrons. The molecule has 0 spiro atoms. The van der Waals surface area contributed by atoms with Gasteiger partial charge in [-0.15, -0.1) is 0 Å². The van der Waals surface area contributed by atoms with Crippen molar-refractivity contribution in [1.82, 2.24) is 0 Å². The van der Waals surface area contributed by atoms with Crippen molar-refractivity contribution in [2.45, 2.75) is 13.8 Å². The van der Waals surface area contributed by atoms with Crippen LogP contribution in [0.1, 0.15) is 11.1 Å². The van der Waals surface area contributed by atoms with E-state index < -0.39 is 17.3 Å². The molecule has 0 aliphatic rings. The minimum atomic E-state index is -0.765. The molecule has 0 unspecified atom stereocenters. The minimum Gasteiger partial charge on any atom is -0.204 e. The Kier molecular flexibility index (Phi) is 5.85. The summed E-state index contributed by atoms with van der Waals surface area (Å²) in [4.78, 5) is 3.45. The average molecular weight is 428 g/mol. The van der Waals surface area contributed by atoms with Gasteiger partial charge in [-0.3, -0.25) is 0 Å². The summed E-state index contributed by atoms with van der Waals surface area (Å²) >= 11 is 4.44. The molecular formula is C27H19F2NS. The molecule has 0 saturated carbocycles. The Morgan fingerprint density at radius 1 is 0.645 bits per heavy atom. The third kappa shape index (κ3) is 4.36.